The van der Waals surface area contributed by atoms with Gasteiger partial charge in [0.05, 0.1) is 0 Å². The predicted molar refractivity (Wildman–Crippen MR) is 112 cm³/mol. The molecular weight excluding hydrogens is 346 g/mol. The van der Waals surface area contributed by atoms with Gasteiger partial charge in [0.2, 0.25) is 5.91 Å². The molecule has 28 heavy (non-hydrogen) atoms. The third kappa shape index (κ3) is 4.22. The van der Waals surface area contributed by atoms with Gasteiger partial charge in [0, 0.05) is 56.6 Å². The highest BCUT2D eigenvalue weighted by atomic mass is 16.2. The van der Waals surface area contributed by atoms with E-state index in [4.69, 9.17) is 0 Å². The number of carbonyl (C=O) groups is 1. The van der Waals surface area contributed by atoms with Gasteiger partial charge in [0.15, 0.2) is 0 Å². The van der Waals surface area contributed by atoms with Crippen LogP contribution in [-0.4, -0.2) is 42.0 Å². The van der Waals surface area contributed by atoms with Crippen molar-refractivity contribution in [3.8, 4) is 0 Å². The monoisotopic (exact) mass is 371 g/mol. The Morgan fingerprint density at radius 3 is 1.86 bits per heavy atom. The Morgan fingerprint density at radius 2 is 1.32 bits per heavy atom. The van der Waals surface area contributed by atoms with Crippen molar-refractivity contribution >= 4 is 11.6 Å². The van der Waals surface area contributed by atoms with Crippen molar-refractivity contribution in [1.29, 1.82) is 0 Å². The van der Waals surface area contributed by atoms with Crippen LogP contribution in [0.3, 0.4) is 0 Å². The number of benzene rings is 2. The maximum atomic E-state index is 13.1. The Labute approximate surface area is 166 Å². The molecule has 1 aliphatic heterocycles. The van der Waals surface area contributed by atoms with E-state index < -0.39 is 0 Å². The van der Waals surface area contributed by atoms with Crippen LogP contribution in [0.15, 0.2) is 85.2 Å². The lowest BCUT2D eigenvalue weighted by Gasteiger charge is -2.36. The average molecular weight is 371 g/mol. The third-order valence-electron chi connectivity index (χ3n) is 5.44. The van der Waals surface area contributed by atoms with Crippen LogP contribution in [0.25, 0.3) is 0 Å². The van der Waals surface area contributed by atoms with E-state index in [-0.39, 0.29) is 11.8 Å². The first-order valence-electron chi connectivity index (χ1n) is 9.84. The van der Waals surface area contributed by atoms with Gasteiger partial charge >= 0.3 is 0 Å². The number of carbonyl (C=O) groups excluding carboxylic acids is 1. The molecule has 0 radical (unpaired) electrons. The van der Waals surface area contributed by atoms with Gasteiger partial charge in [-0.05, 0) is 23.3 Å². The van der Waals surface area contributed by atoms with E-state index in [1.54, 1.807) is 0 Å². The van der Waals surface area contributed by atoms with E-state index in [0.717, 1.165) is 26.2 Å². The first kappa shape index (κ1) is 18.2. The number of hydrogen-bond donors (Lipinski definition) is 0. The van der Waals surface area contributed by atoms with E-state index in [2.05, 4.69) is 34.1 Å². The molecule has 2 aromatic carbocycles. The second kappa shape index (κ2) is 8.70. The van der Waals surface area contributed by atoms with Gasteiger partial charge in [-0.3, -0.25) is 9.78 Å². The molecule has 0 atom stereocenters. The summed E-state index contributed by atoms with van der Waals surface area (Å²) in [5.74, 6) is 0.320. The number of anilines is 1. The standard InChI is InChI=1S/C24H25N3O/c28-24(27-17-15-26(16-18-27)22-11-13-25-14-12-22)19-23(20-7-3-1-4-8-20)21-9-5-2-6-10-21/h1-14,23H,15-19H2. The zero-order valence-corrected chi connectivity index (χ0v) is 15.9. The summed E-state index contributed by atoms with van der Waals surface area (Å²) < 4.78 is 0. The number of rotatable bonds is 5. The summed E-state index contributed by atoms with van der Waals surface area (Å²) in [6.45, 7) is 3.24. The SMILES string of the molecule is O=C(CC(c1ccccc1)c1ccccc1)N1CCN(c2ccncc2)CC1. The summed E-state index contributed by atoms with van der Waals surface area (Å²) in [5, 5.41) is 0. The molecule has 1 amide bonds. The molecule has 4 nitrogen and oxygen atoms in total. The van der Waals surface area contributed by atoms with Crippen LogP contribution < -0.4 is 4.90 Å². The Kier molecular flexibility index (Phi) is 5.66. The number of pyridine rings is 1. The first-order chi connectivity index (χ1) is 13.8. The molecule has 0 unspecified atom stereocenters. The average Bonchev–Trinajstić information content (AvgIpc) is 2.79. The molecule has 1 saturated heterocycles. The van der Waals surface area contributed by atoms with Crippen molar-refractivity contribution in [2.45, 2.75) is 12.3 Å². The topological polar surface area (TPSA) is 36.4 Å². The van der Waals surface area contributed by atoms with Crippen molar-refractivity contribution < 1.29 is 4.79 Å². The maximum absolute atomic E-state index is 13.1. The summed E-state index contributed by atoms with van der Waals surface area (Å²) in [5.41, 5.74) is 3.56. The Bertz CT molecular complexity index is 836. The van der Waals surface area contributed by atoms with Crippen LogP contribution in [0, 0.1) is 0 Å². The second-order valence-corrected chi connectivity index (χ2v) is 7.15. The smallest absolute Gasteiger partial charge is 0.223 e. The highest BCUT2D eigenvalue weighted by Gasteiger charge is 2.25. The molecule has 0 N–H and O–H groups in total. The van der Waals surface area contributed by atoms with Gasteiger partial charge in [0.25, 0.3) is 0 Å². The number of piperazine rings is 1. The molecule has 142 valence electrons. The minimum Gasteiger partial charge on any atom is -0.368 e. The molecule has 4 rings (SSSR count). The van der Waals surface area contributed by atoms with Crippen LogP contribution >= 0.6 is 0 Å². The van der Waals surface area contributed by atoms with E-state index in [0.29, 0.717) is 6.42 Å². The van der Waals surface area contributed by atoms with Crippen molar-refractivity contribution in [2.24, 2.45) is 0 Å². The van der Waals surface area contributed by atoms with Gasteiger partial charge in [-0.15, -0.1) is 0 Å². The maximum Gasteiger partial charge on any atom is 0.223 e. The van der Waals surface area contributed by atoms with Crippen molar-refractivity contribution in [3.05, 3.63) is 96.3 Å². The molecule has 3 aromatic rings. The van der Waals surface area contributed by atoms with Crippen LogP contribution in [0.4, 0.5) is 5.69 Å². The Balaban J connectivity index is 1.44. The lowest BCUT2D eigenvalue weighted by atomic mass is 9.88. The fourth-order valence-corrected chi connectivity index (χ4v) is 3.87. The molecule has 1 aliphatic rings. The van der Waals surface area contributed by atoms with E-state index in [9.17, 15) is 4.79 Å². The van der Waals surface area contributed by atoms with Gasteiger partial charge in [0.1, 0.15) is 0 Å². The normalized spacial score (nSPS) is 14.3. The van der Waals surface area contributed by atoms with E-state index in [1.165, 1.54) is 16.8 Å². The molecule has 2 heterocycles. The highest BCUT2D eigenvalue weighted by molar-refractivity contribution is 5.78. The summed E-state index contributed by atoms with van der Waals surface area (Å²) in [6.07, 6.45) is 4.14. The molecular formula is C24H25N3O. The molecule has 0 spiro atoms. The van der Waals surface area contributed by atoms with Gasteiger partial charge in [-0.25, -0.2) is 0 Å². The summed E-state index contributed by atoms with van der Waals surface area (Å²) in [6, 6.07) is 24.7. The Morgan fingerprint density at radius 1 is 0.786 bits per heavy atom. The fourth-order valence-electron chi connectivity index (χ4n) is 3.87. The third-order valence-corrected chi connectivity index (χ3v) is 5.44. The van der Waals surface area contributed by atoms with Crippen molar-refractivity contribution in [1.82, 2.24) is 9.88 Å². The van der Waals surface area contributed by atoms with Crippen LogP contribution in [0.5, 0.6) is 0 Å². The van der Waals surface area contributed by atoms with Crippen LogP contribution in [0.2, 0.25) is 0 Å². The molecule has 0 saturated carbocycles. The van der Waals surface area contributed by atoms with Crippen molar-refractivity contribution in [2.75, 3.05) is 31.1 Å². The van der Waals surface area contributed by atoms with Gasteiger partial charge in [-0.2, -0.15) is 0 Å². The summed E-state index contributed by atoms with van der Waals surface area (Å²) >= 11 is 0. The molecule has 1 fully saturated rings. The zero-order valence-electron chi connectivity index (χ0n) is 15.9. The molecule has 0 bridgehead atoms. The molecule has 0 aliphatic carbocycles. The number of hydrogen-bond acceptors (Lipinski definition) is 3. The van der Waals surface area contributed by atoms with Crippen LogP contribution in [-0.2, 0) is 4.79 Å². The quantitative estimate of drug-likeness (QED) is 0.681. The Hall–Kier alpha value is -3.14. The number of aromatic nitrogens is 1. The largest absolute Gasteiger partial charge is 0.368 e. The predicted octanol–water partition coefficient (Wildman–Crippen LogP) is 3.95. The van der Waals surface area contributed by atoms with Gasteiger partial charge < -0.3 is 9.80 Å². The second-order valence-electron chi connectivity index (χ2n) is 7.15. The van der Waals surface area contributed by atoms with E-state index in [1.807, 2.05) is 65.8 Å². The minimum atomic E-state index is 0.0909. The first-order valence-corrected chi connectivity index (χ1v) is 9.84. The number of nitrogens with zero attached hydrogens (tertiary/aromatic N) is 3. The summed E-state index contributed by atoms with van der Waals surface area (Å²) in [7, 11) is 0. The zero-order chi connectivity index (χ0) is 19.2. The number of amides is 1. The van der Waals surface area contributed by atoms with Crippen LogP contribution in [0.1, 0.15) is 23.5 Å². The highest BCUT2D eigenvalue weighted by Crippen LogP contribution is 2.29. The lowest BCUT2D eigenvalue weighted by molar-refractivity contribution is -0.131. The lowest BCUT2D eigenvalue weighted by Crippen LogP contribution is -2.49. The molecule has 4 heteroatoms. The minimum absolute atomic E-state index is 0.0909. The molecule has 1 aromatic heterocycles. The summed E-state index contributed by atoms with van der Waals surface area (Å²) in [4.78, 5) is 21.5. The van der Waals surface area contributed by atoms with E-state index >= 15 is 0 Å². The van der Waals surface area contributed by atoms with Crippen molar-refractivity contribution in [3.63, 3.8) is 0 Å². The van der Waals surface area contributed by atoms with Gasteiger partial charge in [-0.1, -0.05) is 60.7 Å². The fraction of sp³-hybridized carbons (Fsp3) is 0.250.